The number of carbonyl (C=O) groups excluding carboxylic acids is 1. The van der Waals surface area contributed by atoms with Gasteiger partial charge in [0.1, 0.15) is 0 Å². The van der Waals surface area contributed by atoms with Crippen molar-refractivity contribution in [1.29, 1.82) is 0 Å². The average molecular weight is 396 g/mol. The number of ketones is 1. The van der Waals surface area contributed by atoms with Crippen molar-refractivity contribution in [3.8, 4) is 11.5 Å². The minimum atomic E-state index is -1.07. The lowest BCUT2D eigenvalue weighted by Crippen LogP contribution is -2.43. The molecule has 2 aromatic carbocycles. The van der Waals surface area contributed by atoms with E-state index >= 15 is 0 Å². The van der Waals surface area contributed by atoms with E-state index in [9.17, 15) is 9.59 Å². The summed E-state index contributed by atoms with van der Waals surface area (Å²) in [6.07, 6.45) is 3.22. The Balaban J connectivity index is 1.70. The summed E-state index contributed by atoms with van der Waals surface area (Å²) in [5.74, 6) is -0.416. The van der Waals surface area contributed by atoms with Gasteiger partial charge in [-0.15, -0.1) is 0 Å². The van der Waals surface area contributed by atoms with Crippen molar-refractivity contribution in [2.45, 2.75) is 0 Å². The molecule has 0 aliphatic carbocycles. The molecule has 1 aliphatic heterocycles. The van der Waals surface area contributed by atoms with Crippen LogP contribution in [0.3, 0.4) is 0 Å². The quantitative estimate of drug-likeness (QED) is 0.523. The number of carbonyl (C=O) groups is 2. The lowest BCUT2D eigenvalue weighted by molar-refractivity contribution is -0.139. The molecule has 7 nitrogen and oxygen atoms in total. The largest absolute Gasteiger partial charge is 0.493 e. The number of carboxylic acids is 1. The molecule has 7 heteroatoms. The maximum Gasteiger partial charge on any atom is 0.341 e. The van der Waals surface area contributed by atoms with Crippen molar-refractivity contribution >= 4 is 23.5 Å². The van der Waals surface area contributed by atoms with E-state index in [0.717, 1.165) is 37.4 Å². The fourth-order valence-corrected chi connectivity index (χ4v) is 3.09. The summed E-state index contributed by atoms with van der Waals surface area (Å²) in [6.45, 7) is 3.26. The number of hydrogen-bond acceptors (Lipinski definition) is 6. The minimum absolute atomic E-state index is 0.0906. The van der Waals surface area contributed by atoms with Crippen LogP contribution in [0.5, 0.6) is 11.5 Å². The molecule has 1 heterocycles. The van der Waals surface area contributed by atoms with Crippen LogP contribution in [0.2, 0.25) is 0 Å². The van der Waals surface area contributed by atoms with Gasteiger partial charge in [0.15, 0.2) is 23.9 Å². The predicted molar refractivity (Wildman–Crippen MR) is 111 cm³/mol. The number of nitrogens with one attached hydrogen (secondary N) is 1. The second kappa shape index (κ2) is 9.75. The van der Waals surface area contributed by atoms with Crippen LogP contribution in [-0.4, -0.2) is 56.8 Å². The highest BCUT2D eigenvalue weighted by molar-refractivity contribution is 6.07. The Morgan fingerprint density at radius 3 is 2.66 bits per heavy atom. The molecular formula is C22H24N2O5. The Morgan fingerprint density at radius 2 is 1.93 bits per heavy atom. The third-order valence-corrected chi connectivity index (χ3v) is 4.58. The van der Waals surface area contributed by atoms with Gasteiger partial charge >= 0.3 is 5.97 Å². The summed E-state index contributed by atoms with van der Waals surface area (Å²) < 4.78 is 10.4. The van der Waals surface area contributed by atoms with Crippen LogP contribution in [0, 0.1) is 0 Å². The zero-order valence-electron chi connectivity index (χ0n) is 16.3. The molecule has 2 aromatic rings. The van der Waals surface area contributed by atoms with E-state index in [1.54, 1.807) is 24.3 Å². The van der Waals surface area contributed by atoms with E-state index in [1.807, 2.05) is 24.3 Å². The molecule has 0 saturated carbocycles. The zero-order valence-corrected chi connectivity index (χ0v) is 16.3. The van der Waals surface area contributed by atoms with Crippen molar-refractivity contribution < 1.29 is 24.2 Å². The number of allylic oxidation sites excluding steroid dienone is 1. The number of aliphatic carboxylic acids is 1. The standard InChI is InChI=1S/C22H24N2O5/c1-28-21-13-16(6-8-20(21)29-15-22(26)27)5-7-19(25)17-3-2-4-18(14-17)24-11-9-23-10-12-24/h2-8,13-14,23H,9-12,15H2,1H3,(H,26,27)/b7-5+. The number of hydrogen-bond donors (Lipinski definition) is 2. The number of rotatable bonds is 8. The van der Waals surface area contributed by atoms with Crippen molar-refractivity contribution in [3.05, 3.63) is 59.7 Å². The van der Waals surface area contributed by atoms with E-state index < -0.39 is 12.6 Å². The first-order chi connectivity index (χ1) is 14.1. The van der Waals surface area contributed by atoms with Gasteiger partial charge < -0.3 is 24.8 Å². The monoisotopic (exact) mass is 396 g/mol. The molecule has 1 saturated heterocycles. The molecular weight excluding hydrogens is 372 g/mol. The smallest absolute Gasteiger partial charge is 0.341 e. The molecule has 1 aliphatic rings. The molecule has 0 amide bonds. The van der Waals surface area contributed by atoms with Crippen molar-refractivity contribution in [1.82, 2.24) is 5.32 Å². The molecule has 0 radical (unpaired) electrons. The summed E-state index contributed by atoms with van der Waals surface area (Å²) in [5.41, 5.74) is 2.43. The Labute approximate surface area is 169 Å². The molecule has 0 bridgehead atoms. The van der Waals surface area contributed by atoms with Gasteiger partial charge in [-0.25, -0.2) is 4.79 Å². The normalized spacial score (nSPS) is 14.0. The van der Waals surface area contributed by atoms with Gasteiger partial charge in [-0.05, 0) is 35.9 Å². The highest BCUT2D eigenvalue weighted by Crippen LogP contribution is 2.28. The molecule has 1 fully saturated rings. The van der Waals surface area contributed by atoms with Gasteiger partial charge in [0, 0.05) is 37.4 Å². The van der Waals surface area contributed by atoms with Crippen LogP contribution in [0.1, 0.15) is 15.9 Å². The number of piperazine rings is 1. The van der Waals surface area contributed by atoms with Crippen LogP contribution >= 0.6 is 0 Å². The Morgan fingerprint density at radius 1 is 1.14 bits per heavy atom. The van der Waals surface area contributed by atoms with E-state index in [-0.39, 0.29) is 5.78 Å². The third-order valence-electron chi connectivity index (χ3n) is 4.58. The molecule has 2 N–H and O–H groups in total. The topological polar surface area (TPSA) is 88.1 Å². The summed E-state index contributed by atoms with van der Waals surface area (Å²) in [4.78, 5) is 25.5. The SMILES string of the molecule is COc1cc(/C=C/C(=O)c2cccc(N3CCNCC3)c2)ccc1OCC(=O)O. The van der Waals surface area contributed by atoms with Gasteiger partial charge in [-0.2, -0.15) is 0 Å². The van der Waals surface area contributed by atoms with Gasteiger partial charge in [-0.3, -0.25) is 4.79 Å². The summed E-state index contributed by atoms with van der Waals surface area (Å²) >= 11 is 0. The number of anilines is 1. The molecule has 3 rings (SSSR count). The van der Waals surface area contributed by atoms with E-state index in [0.29, 0.717) is 17.1 Å². The molecule has 29 heavy (non-hydrogen) atoms. The second-order valence-electron chi connectivity index (χ2n) is 6.58. The average Bonchev–Trinajstić information content (AvgIpc) is 2.76. The molecule has 0 unspecified atom stereocenters. The second-order valence-corrected chi connectivity index (χ2v) is 6.58. The van der Waals surface area contributed by atoms with E-state index in [1.165, 1.54) is 13.2 Å². The molecule has 0 spiro atoms. The van der Waals surface area contributed by atoms with Crippen LogP contribution in [-0.2, 0) is 4.79 Å². The maximum absolute atomic E-state index is 12.6. The number of nitrogens with zero attached hydrogens (tertiary/aromatic N) is 1. The number of carboxylic acid groups (broad SMARTS) is 1. The first-order valence-electron chi connectivity index (χ1n) is 9.37. The molecule has 0 atom stereocenters. The van der Waals surface area contributed by atoms with Gasteiger partial charge in [0.25, 0.3) is 0 Å². The number of methoxy groups -OCH3 is 1. The van der Waals surface area contributed by atoms with Crippen molar-refractivity contribution in [2.24, 2.45) is 0 Å². The van der Waals surface area contributed by atoms with Crippen molar-refractivity contribution in [2.75, 3.05) is 44.8 Å². The Kier molecular flexibility index (Phi) is 6.86. The Hall–Kier alpha value is -3.32. The first kappa shape index (κ1) is 20.4. The fourth-order valence-electron chi connectivity index (χ4n) is 3.09. The highest BCUT2D eigenvalue weighted by atomic mass is 16.5. The first-order valence-corrected chi connectivity index (χ1v) is 9.37. The molecule has 0 aromatic heterocycles. The van der Waals surface area contributed by atoms with Gasteiger partial charge in [0.05, 0.1) is 7.11 Å². The van der Waals surface area contributed by atoms with Crippen LogP contribution in [0.15, 0.2) is 48.5 Å². The van der Waals surface area contributed by atoms with E-state index in [2.05, 4.69) is 10.2 Å². The predicted octanol–water partition coefficient (Wildman–Crippen LogP) is 2.46. The minimum Gasteiger partial charge on any atom is -0.493 e. The number of benzene rings is 2. The fraction of sp³-hybridized carbons (Fsp3) is 0.273. The summed E-state index contributed by atoms with van der Waals surface area (Å²) in [6, 6.07) is 12.7. The summed E-state index contributed by atoms with van der Waals surface area (Å²) in [7, 11) is 1.48. The van der Waals surface area contributed by atoms with Crippen molar-refractivity contribution in [3.63, 3.8) is 0 Å². The maximum atomic E-state index is 12.6. The van der Waals surface area contributed by atoms with Crippen LogP contribution in [0.25, 0.3) is 6.08 Å². The highest BCUT2D eigenvalue weighted by Gasteiger charge is 2.12. The lowest BCUT2D eigenvalue weighted by Gasteiger charge is -2.29. The number of ether oxygens (including phenoxy) is 2. The lowest BCUT2D eigenvalue weighted by atomic mass is 10.1. The van der Waals surface area contributed by atoms with Gasteiger partial charge in [0.2, 0.25) is 0 Å². The van der Waals surface area contributed by atoms with Gasteiger partial charge in [-0.1, -0.05) is 24.3 Å². The van der Waals surface area contributed by atoms with E-state index in [4.69, 9.17) is 14.6 Å². The molecule has 152 valence electrons. The Bertz CT molecular complexity index is 904. The van der Waals surface area contributed by atoms with Crippen LogP contribution in [0.4, 0.5) is 5.69 Å². The third kappa shape index (κ3) is 5.58. The van der Waals surface area contributed by atoms with Crippen LogP contribution < -0.4 is 19.7 Å². The summed E-state index contributed by atoms with van der Waals surface area (Å²) in [5, 5.41) is 12.0. The zero-order chi connectivity index (χ0) is 20.6.